The lowest BCUT2D eigenvalue weighted by Gasteiger charge is -2.07. The van der Waals surface area contributed by atoms with Crippen molar-refractivity contribution < 1.29 is 13.9 Å². The third kappa shape index (κ3) is 3.94. The lowest BCUT2D eigenvalue weighted by Crippen LogP contribution is -2.14. The van der Waals surface area contributed by atoms with Crippen molar-refractivity contribution in [2.45, 2.75) is 6.92 Å². The van der Waals surface area contributed by atoms with Crippen LogP contribution in [0.1, 0.15) is 6.92 Å². The first-order valence-corrected chi connectivity index (χ1v) is 6.10. The van der Waals surface area contributed by atoms with Crippen molar-refractivity contribution in [1.82, 2.24) is 4.98 Å². The van der Waals surface area contributed by atoms with Gasteiger partial charge in [-0.05, 0) is 43.3 Å². The summed E-state index contributed by atoms with van der Waals surface area (Å²) in [5.41, 5.74) is 1.48. The number of carbonyl (C=O) groups excluding carboxylic acids is 1. The highest BCUT2D eigenvalue weighted by Gasteiger charge is 2.03. The Hall–Kier alpha value is -2.63. The molecule has 0 bridgehead atoms. The van der Waals surface area contributed by atoms with Crippen LogP contribution in [-0.2, 0) is 4.74 Å². The highest BCUT2D eigenvalue weighted by Crippen LogP contribution is 2.17. The van der Waals surface area contributed by atoms with Gasteiger partial charge in [0.1, 0.15) is 11.6 Å². The Morgan fingerprint density at radius 3 is 2.50 bits per heavy atom. The molecule has 0 aliphatic heterocycles. The van der Waals surface area contributed by atoms with E-state index < -0.39 is 6.09 Å². The van der Waals surface area contributed by atoms with Crippen molar-refractivity contribution in [1.29, 1.82) is 0 Å². The van der Waals surface area contributed by atoms with Crippen molar-refractivity contribution in [3.63, 3.8) is 0 Å². The molecule has 0 spiro atoms. The molecule has 0 atom stereocenters. The summed E-state index contributed by atoms with van der Waals surface area (Å²) in [5, 5.41) is 5.56. The molecule has 2 rings (SSSR count). The minimum Gasteiger partial charge on any atom is -0.450 e. The van der Waals surface area contributed by atoms with E-state index in [9.17, 15) is 9.18 Å². The molecule has 0 unspecified atom stereocenters. The Morgan fingerprint density at radius 2 is 1.90 bits per heavy atom. The molecule has 1 amide bonds. The molecule has 0 aliphatic rings. The summed E-state index contributed by atoms with van der Waals surface area (Å²) in [6, 6.07) is 9.37. The number of anilines is 3. The van der Waals surface area contributed by atoms with E-state index in [2.05, 4.69) is 15.6 Å². The van der Waals surface area contributed by atoms with E-state index in [0.29, 0.717) is 12.4 Å². The lowest BCUT2D eigenvalue weighted by molar-refractivity contribution is 0.168. The summed E-state index contributed by atoms with van der Waals surface area (Å²) in [6.07, 6.45) is 1.02. The molecule has 6 heteroatoms. The maximum atomic E-state index is 12.8. The number of hydrogen-bond acceptors (Lipinski definition) is 4. The fourth-order valence-electron chi connectivity index (χ4n) is 1.51. The minimum atomic E-state index is -0.542. The van der Waals surface area contributed by atoms with Gasteiger partial charge < -0.3 is 10.1 Å². The second-order valence-corrected chi connectivity index (χ2v) is 3.91. The van der Waals surface area contributed by atoms with Crippen molar-refractivity contribution in [2.75, 3.05) is 17.2 Å². The van der Waals surface area contributed by atoms with Crippen LogP contribution in [0.3, 0.4) is 0 Å². The van der Waals surface area contributed by atoms with Crippen LogP contribution >= 0.6 is 0 Å². The Labute approximate surface area is 115 Å². The van der Waals surface area contributed by atoms with Gasteiger partial charge in [-0.1, -0.05) is 0 Å². The molecule has 0 saturated carbocycles. The summed E-state index contributed by atoms with van der Waals surface area (Å²) < 4.78 is 17.5. The van der Waals surface area contributed by atoms with Crippen molar-refractivity contribution in [3.8, 4) is 0 Å². The van der Waals surface area contributed by atoms with Crippen LogP contribution in [0.15, 0.2) is 42.6 Å². The smallest absolute Gasteiger partial charge is 0.412 e. The Morgan fingerprint density at radius 1 is 1.20 bits per heavy atom. The van der Waals surface area contributed by atoms with Crippen LogP contribution in [0.25, 0.3) is 0 Å². The summed E-state index contributed by atoms with van der Waals surface area (Å²) in [4.78, 5) is 15.3. The van der Waals surface area contributed by atoms with Crippen molar-refractivity contribution >= 4 is 23.3 Å². The topological polar surface area (TPSA) is 63.2 Å². The van der Waals surface area contributed by atoms with Gasteiger partial charge in [-0.2, -0.15) is 0 Å². The molecule has 5 nitrogen and oxygen atoms in total. The Balaban J connectivity index is 1.97. The largest absolute Gasteiger partial charge is 0.450 e. The third-order valence-corrected chi connectivity index (χ3v) is 2.40. The molecular weight excluding hydrogens is 261 g/mol. The number of pyridine rings is 1. The number of benzene rings is 1. The zero-order valence-corrected chi connectivity index (χ0v) is 10.9. The number of nitrogens with zero attached hydrogens (tertiary/aromatic N) is 1. The fourth-order valence-corrected chi connectivity index (χ4v) is 1.51. The normalized spacial score (nSPS) is 9.90. The number of ether oxygens (including phenoxy) is 1. The van der Waals surface area contributed by atoms with E-state index in [1.165, 1.54) is 12.1 Å². The maximum Gasteiger partial charge on any atom is 0.412 e. The predicted octanol–water partition coefficient (Wildman–Crippen LogP) is 3.53. The van der Waals surface area contributed by atoms with Crippen LogP contribution in [0.2, 0.25) is 0 Å². The molecule has 1 aromatic heterocycles. The maximum absolute atomic E-state index is 12.8. The first kappa shape index (κ1) is 13.8. The second kappa shape index (κ2) is 6.51. The fraction of sp³-hybridized carbons (Fsp3) is 0.143. The summed E-state index contributed by atoms with van der Waals surface area (Å²) in [7, 11) is 0. The number of carbonyl (C=O) groups is 1. The van der Waals surface area contributed by atoms with Crippen molar-refractivity contribution in [3.05, 3.63) is 48.4 Å². The minimum absolute atomic E-state index is 0.289. The Bertz CT molecular complexity index is 570. The molecule has 104 valence electrons. The van der Waals surface area contributed by atoms with Gasteiger partial charge in [0.05, 0.1) is 18.5 Å². The van der Waals surface area contributed by atoms with E-state index in [1.807, 2.05) is 0 Å². The molecule has 2 aromatic rings. The number of hydrogen-bond donors (Lipinski definition) is 2. The van der Waals surface area contributed by atoms with Gasteiger partial charge in [-0.25, -0.2) is 14.2 Å². The SMILES string of the molecule is CCOC(=O)Nc1ccc(Nc2ccc(F)cc2)cn1. The summed E-state index contributed by atoms with van der Waals surface area (Å²) in [5.74, 6) is 0.107. The highest BCUT2D eigenvalue weighted by atomic mass is 19.1. The molecule has 20 heavy (non-hydrogen) atoms. The second-order valence-electron chi connectivity index (χ2n) is 3.91. The van der Waals surface area contributed by atoms with E-state index in [0.717, 1.165) is 11.4 Å². The molecule has 1 aromatic carbocycles. The quantitative estimate of drug-likeness (QED) is 0.896. The zero-order valence-electron chi connectivity index (χ0n) is 10.9. The van der Waals surface area contributed by atoms with Gasteiger partial charge in [0.25, 0.3) is 0 Å². The molecule has 0 aliphatic carbocycles. The number of aromatic nitrogens is 1. The number of rotatable bonds is 4. The monoisotopic (exact) mass is 275 g/mol. The zero-order chi connectivity index (χ0) is 14.4. The van der Waals surface area contributed by atoms with Crippen LogP contribution < -0.4 is 10.6 Å². The van der Waals surface area contributed by atoms with Gasteiger partial charge in [-0.3, -0.25) is 5.32 Å². The number of amides is 1. The average molecular weight is 275 g/mol. The van der Waals surface area contributed by atoms with Crippen LogP contribution in [-0.4, -0.2) is 17.7 Å². The van der Waals surface area contributed by atoms with Gasteiger partial charge in [0, 0.05) is 5.69 Å². The number of halogens is 1. The summed E-state index contributed by atoms with van der Waals surface area (Å²) >= 11 is 0. The first-order chi connectivity index (χ1) is 9.67. The van der Waals surface area contributed by atoms with Crippen LogP contribution in [0.4, 0.5) is 26.4 Å². The Kier molecular flexibility index (Phi) is 4.49. The van der Waals surface area contributed by atoms with Gasteiger partial charge in [0.15, 0.2) is 0 Å². The van der Waals surface area contributed by atoms with E-state index in [-0.39, 0.29) is 5.82 Å². The van der Waals surface area contributed by atoms with E-state index in [4.69, 9.17) is 4.74 Å². The first-order valence-electron chi connectivity index (χ1n) is 6.10. The van der Waals surface area contributed by atoms with Crippen LogP contribution in [0, 0.1) is 5.82 Å². The van der Waals surface area contributed by atoms with Crippen molar-refractivity contribution in [2.24, 2.45) is 0 Å². The molecule has 0 saturated heterocycles. The highest BCUT2D eigenvalue weighted by molar-refractivity contribution is 5.83. The predicted molar refractivity (Wildman–Crippen MR) is 74.6 cm³/mol. The molecule has 0 radical (unpaired) electrons. The third-order valence-electron chi connectivity index (χ3n) is 2.40. The van der Waals surface area contributed by atoms with Crippen LogP contribution in [0.5, 0.6) is 0 Å². The molecule has 0 fully saturated rings. The van der Waals surface area contributed by atoms with E-state index in [1.54, 1.807) is 37.4 Å². The van der Waals surface area contributed by atoms with Gasteiger partial charge in [0.2, 0.25) is 0 Å². The molecule has 2 N–H and O–H groups in total. The van der Waals surface area contributed by atoms with Gasteiger partial charge >= 0.3 is 6.09 Å². The van der Waals surface area contributed by atoms with E-state index >= 15 is 0 Å². The molecular formula is C14H14FN3O2. The molecule has 1 heterocycles. The number of nitrogens with one attached hydrogen (secondary N) is 2. The standard InChI is InChI=1S/C14H14FN3O2/c1-2-20-14(19)18-13-8-7-12(9-16-13)17-11-5-3-10(15)4-6-11/h3-9,17H,2H2,1H3,(H,16,18,19). The summed E-state index contributed by atoms with van der Waals surface area (Å²) in [6.45, 7) is 2.03. The lowest BCUT2D eigenvalue weighted by atomic mass is 10.3. The average Bonchev–Trinajstić information content (AvgIpc) is 2.44. The van der Waals surface area contributed by atoms with Gasteiger partial charge in [-0.15, -0.1) is 0 Å².